The SMILES string of the molecule is CN(C)[C@H](C(O)=C(C(N)=O)C(N)=O)[C@@H]1[C@@H](O)[C@]23C[C@@]2(O)c2cccc(O)c2C(=O)C3=C(O)[C@@]1(C)O. The molecule has 12 heteroatoms. The molecule has 0 aromatic heterocycles. The number of hydrogen-bond donors (Lipinski definition) is 8. The Morgan fingerprint density at radius 1 is 1.14 bits per heavy atom. The van der Waals surface area contributed by atoms with Crippen molar-refractivity contribution < 1.29 is 45.0 Å². The van der Waals surface area contributed by atoms with E-state index in [0.29, 0.717) is 0 Å². The largest absolute Gasteiger partial charge is 0.510 e. The number of phenolic OH excluding ortho intramolecular Hbond substituents is 1. The second kappa shape index (κ2) is 7.28. The molecule has 0 bridgehead atoms. The maximum absolute atomic E-state index is 13.4. The first-order chi connectivity index (χ1) is 16.1. The highest BCUT2D eigenvalue weighted by Gasteiger charge is 2.82. The highest BCUT2D eigenvalue weighted by molar-refractivity contribution is 6.18. The molecule has 1 fully saturated rings. The summed E-state index contributed by atoms with van der Waals surface area (Å²) in [6, 6.07) is 2.52. The van der Waals surface area contributed by atoms with Crippen molar-refractivity contribution in [2.45, 2.75) is 36.7 Å². The van der Waals surface area contributed by atoms with Gasteiger partial charge in [0.05, 0.1) is 28.7 Å². The van der Waals surface area contributed by atoms with Crippen LogP contribution in [0.4, 0.5) is 0 Å². The van der Waals surface area contributed by atoms with E-state index in [2.05, 4.69) is 0 Å². The Labute approximate surface area is 199 Å². The minimum absolute atomic E-state index is 0.0366. The number of aromatic hydroxyl groups is 1. The van der Waals surface area contributed by atoms with Crippen molar-refractivity contribution in [2.75, 3.05) is 14.1 Å². The number of nitrogens with two attached hydrogens (primary N) is 2. The molecule has 4 rings (SSSR count). The lowest BCUT2D eigenvalue weighted by Crippen LogP contribution is -2.63. The van der Waals surface area contributed by atoms with Gasteiger partial charge < -0.3 is 42.1 Å². The van der Waals surface area contributed by atoms with E-state index in [0.717, 1.165) is 6.92 Å². The van der Waals surface area contributed by atoms with E-state index < -0.39 is 80.7 Å². The number of aliphatic hydroxyl groups is 5. The average molecular weight is 489 g/mol. The van der Waals surface area contributed by atoms with Crippen molar-refractivity contribution in [1.82, 2.24) is 4.90 Å². The van der Waals surface area contributed by atoms with Crippen LogP contribution in [0.1, 0.15) is 29.3 Å². The number of likely N-dealkylation sites (N-methyl/N-ethyl adjacent to an activating group) is 1. The molecule has 3 aliphatic carbocycles. The van der Waals surface area contributed by atoms with Crippen LogP contribution >= 0.6 is 0 Å². The van der Waals surface area contributed by atoms with Gasteiger partial charge in [0.25, 0.3) is 11.8 Å². The van der Waals surface area contributed by atoms with E-state index >= 15 is 0 Å². The van der Waals surface area contributed by atoms with Crippen LogP contribution in [0.25, 0.3) is 0 Å². The van der Waals surface area contributed by atoms with Gasteiger partial charge in [-0.25, -0.2) is 0 Å². The Kier molecular flexibility index (Phi) is 5.13. The Bertz CT molecular complexity index is 1230. The van der Waals surface area contributed by atoms with Crippen molar-refractivity contribution in [3.63, 3.8) is 0 Å². The summed E-state index contributed by atoms with van der Waals surface area (Å²) >= 11 is 0. The topological polar surface area (TPSA) is 228 Å². The Balaban J connectivity index is 2.01. The zero-order valence-corrected chi connectivity index (χ0v) is 19.2. The molecular weight excluding hydrogens is 462 g/mol. The zero-order valence-electron chi connectivity index (χ0n) is 19.2. The summed E-state index contributed by atoms with van der Waals surface area (Å²) in [6.45, 7) is 1.07. The van der Waals surface area contributed by atoms with Crippen LogP contribution in [0.3, 0.4) is 0 Å². The smallest absolute Gasteiger partial charge is 0.257 e. The molecule has 188 valence electrons. The van der Waals surface area contributed by atoms with Gasteiger partial charge in [-0.15, -0.1) is 0 Å². The van der Waals surface area contributed by atoms with Gasteiger partial charge in [-0.3, -0.25) is 19.3 Å². The molecule has 0 saturated heterocycles. The Hall–Kier alpha value is -3.45. The first kappa shape index (κ1) is 24.7. The third-order valence-electron chi connectivity index (χ3n) is 7.67. The predicted octanol–water partition coefficient (Wildman–Crippen LogP) is -1.57. The number of benzene rings is 1. The van der Waals surface area contributed by atoms with Crippen LogP contribution in [0, 0.1) is 11.3 Å². The number of nitrogens with zero attached hydrogens (tertiary/aromatic N) is 1. The van der Waals surface area contributed by atoms with E-state index in [-0.39, 0.29) is 17.5 Å². The van der Waals surface area contributed by atoms with Gasteiger partial charge in [0, 0.05) is 5.92 Å². The number of aliphatic hydroxyl groups excluding tert-OH is 3. The molecule has 1 aromatic rings. The van der Waals surface area contributed by atoms with E-state index in [4.69, 9.17) is 11.5 Å². The Morgan fingerprint density at radius 3 is 2.23 bits per heavy atom. The number of ketones is 1. The molecule has 35 heavy (non-hydrogen) atoms. The lowest BCUT2D eigenvalue weighted by atomic mass is 9.59. The molecule has 0 aliphatic heterocycles. The van der Waals surface area contributed by atoms with Crippen molar-refractivity contribution in [3.05, 3.63) is 52.0 Å². The van der Waals surface area contributed by atoms with Crippen LogP contribution in [0.15, 0.2) is 40.9 Å². The zero-order chi connectivity index (χ0) is 26.4. The monoisotopic (exact) mass is 489 g/mol. The maximum Gasteiger partial charge on any atom is 0.257 e. The Morgan fingerprint density at radius 2 is 1.71 bits per heavy atom. The molecule has 1 saturated carbocycles. The van der Waals surface area contributed by atoms with Crippen LogP contribution in [0.2, 0.25) is 0 Å². The second-order valence-corrected chi connectivity index (χ2v) is 9.78. The lowest BCUT2D eigenvalue weighted by molar-refractivity contribution is -0.133. The number of fused-ring (bicyclic) bond motifs is 2. The molecule has 0 unspecified atom stereocenters. The van der Waals surface area contributed by atoms with Gasteiger partial charge in [-0.2, -0.15) is 0 Å². The van der Waals surface area contributed by atoms with Crippen LogP contribution in [-0.2, 0) is 15.2 Å². The minimum Gasteiger partial charge on any atom is -0.510 e. The molecule has 3 aliphatic rings. The number of amides is 2. The van der Waals surface area contributed by atoms with E-state index in [9.17, 15) is 45.0 Å². The standard InChI is InChI=1S/C23H27N3O9/c1-21(34)12(14(26(2)3)16(29)11(19(24)32)20(25)33)18(31)22-7-23(22,35)8-5-4-6-9(27)10(8)15(28)13(22)17(21)30/h4-6,12,14,18,27,29-31,34-35H,7H2,1-3H3,(H2,24,32)(H2,25,33)/t12-,14+,18-,21+,22-,23-/m1/s1. The summed E-state index contributed by atoms with van der Waals surface area (Å²) in [7, 11) is 2.80. The quantitative estimate of drug-likeness (QED) is 0.103. The minimum atomic E-state index is -2.43. The molecule has 0 radical (unpaired) electrons. The summed E-state index contributed by atoms with van der Waals surface area (Å²) in [5.41, 5.74) is 2.63. The van der Waals surface area contributed by atoms with Gasteiger partial charge in [0.1, 0.15) is 34.0 Å². The number of rotatable bonds is 5. The van der Waals surface area contributed by atoms with E-state index in [1.807, 2.05) is 0 Å². The van der Waals surface area contributed by atoms with Crippen LogP contribution < -0.4 is 11.5 Å². The number of hydrogen-bond acceptors (Lipinski definition) is 10. The van der Waals surface area contributed by atoms with E-state index in [1.54, 1.807) is 0 Å². The summed E-state index contributed by atoms with van der Waals surface area (Å²) in [5.74, 6) is -7.49. The second-order valence-electron chi connectivity index (χ2n) is 9.78. The van der Waals surface area contributed by atoms with Gasteiger partial charge in [0.15, 0.2) is 5.78 Å². The van der Waals surface area contributed by atoms with Crippen molar-refractivity contribution >= 4 is 17.6 Å². The van der Waals surface area contributed by atoms with Crippen LogP contribution in [-0.4, -0.2) is 85.0 Å². The number of carbonyl (C=O) groups excluding carboxylic acids is 3. The van der Waals surface area contributed by atoms with Gasteiger partial charge in [-0.1, -0.05) is 12.1 Å². The van der Waals surface area contributed by atoms with Crippen molar-refractivity contribution in [3.8, 4) is 5.75 Å². The average Bonchev–Trinajstić information content (AvgIpc) is 3.37. The highest BCUT2D eigenvalue weighted by Crippen LogP contribution is 2.76. The van der Waals surface area contributed by atoms with Gasteiger partial charge in [-0.05, 0) is 39.1 Å². The summed E-state index contributed by atoms with van der Waals surface area (Å²) < 4.78 is 0. The summed E-state index contributed by atoms with van der Waals surface area (Å²) in [6.07, 6.45) is -2.05. The molecule has 2 amide bonds. The molecule has 1 aromatic carbocycles. The molecule has 0 heterocycles. The maximum atomic E-state index is 13.4. The lowest BCUT2D eigenvalue weighted by Gasteiger charge is -2.51. The molecular formula is C23H27N3O9. The summed E-state index contributed by atoms with van der Waals surface area (Å²) in [4.78, 5) is 38.4. The van der Waals surface area contributed by atoms with Gasteiger partial charge in [0.2, 0.25) is 0 Å². The van der Waals surface area contributed by atoms with Crippen molar-refractivity contribution in [2.24, 2.45) is 22.8 Å². The number of carbonyl (C=O) groups is 3. The fraction of sp³-hybridized carbons (Fsp3) is 0.435. The normalized spacial score (nSPS) is 34.0. The molecule has 1 spiro atoms. The first-order valence-corrected chi connectivity index (χ1v) is 10.7. The molecule has 12 nitrogen and oxygen atoms in total. The highest BCUT2D eigenvalue weighted by atomic mass is 16.3. The van der Waals surface area contributed by atoms with E-state index in [1.165, 1.54) is 37.2 Å². The predicted molar refractivity (Wildman–Crippen MR) is 119 cm³/mol. The number of primary amides is 2. The molecule has 6 atom stereocenters. The van der Waals surface area contributed by atoms with Crippen molar-refractivity contribution in [1.29, 1.82) is 0 Å². The fourth-order valence-electron chi connectivity index (χ4n) is 6.02. The number of Topliss-reactive ketones (excluding diaryl/α,β-unsaturated/α-hetero) is 1. The fourth-order valence-corrected chi connectivity index (χ4v) is 6.02. The third kappa shape index (κ3) is 2.85. The van der Waals surface area contributed by atoms with Crippen LogP contribution in [0.5, 0.6) is 5.75 Å². The van der Waals surface area contributed by atoms with Gasteiger partial charge >= 0.3 is 0 Å². The first-order valence-electron chi connectivity index (χ1n) is 10.7. The number of phenols is 1. The summed E-state index contributed by atoms with van der Waals surface area (Å²) in [5, 5.41) is 67.1. The molecule has 10 N–H and O–H groups in total. The third-order valence-corrected chi connectivity index (χ3v) is 7.67.